The van der Waals surface area contributed by atoms with Crippen LogP contribution in [0.5, 0.6) is 0 Å². The maximum atomic E-state index is 14.1. The van der Waals surface area contributed by atoms with Crippen molar-refractivity contribution in [1.82, 2.24) is 4.90 Å². The molecule has 7 rings (SSSR count). The summed E-state index contributed by atoms with van der Waals surface area (Å²) in [5.74, 6) is -2.27. The van der Waals surface area contributed by atoms with E-state index in [1.807, 2.05) is 83.9 Å². The lowest BCUT2D eigenvalue weighted by Crippen LogP contribution is -2.44. The Bertz CT molecular complexity index is 1640. The zero-order valence-electron chi connectivity index (χ0n) is 19.6. The van der Waals surface area contributed by atoms with Crippen molar-refractivity contribution < 1.29 is 14.4 Å². The topological polar surface area (TPSA) is 57.7 Å². The molecule has 0 saturated carbocycles. The molecule has 3 heterocycles. The van der Waals surface area contributed by atoms with Crippen LogP contribution in [0.2, 0.25) is 5.02 Å². The minimum atomic E-state index is -0.803. The van der Waals surface area contributed by atoms with Gasteiger partial charge in [-0.15, -0.1) is 0 Å². The van der Waals surface area contributed by atoms with Gasteiger partial charge in [0, 0.05) is 16.8 Å². The Labute approximate surface area is 218 Å². The van der Waals surface area contributed by atoms with E-state index >= 15 is 0 Å². The molecule has 2 saturated heterocycles. The molecule has 37 heavy (non-hydrogen) atoms. The van der Waals surface area contributed by atoms with E-state index in [1.165, 1.54) is 4.90 Å². The molecular formula is C31H21ClN2O3. The standard InChI is InChI=1S/C31H21ClN2O3/c32-22-12-9-20(10-13-22)29(35)28-26-25(27-24-8-4-3-6-19(24)15-16-33(27)28)30(36)34(31(26)37)23-14-11-18-5-1-2-7-21(18)17-23/h1-17,25-28H/t25-,26+,27?,28-/m1/s1. The summed E-state index contributed by atoms with van der Waals surface area (Å²) in [6, 6.07) is 26.8. The molecule has 6 heteroatoms. The van der Waals surface area contributed by atoms with E-state index < -0.39 is 23.9 Å². The zero-order valence-corrected chi connectivity index (χ0v) is 20.4. The van der Waals surface area contributed by atoms with Gasteiger partial charge in [-0.1, -0.05) is 66.2 Å². The van der Waals surface area contributed by atoms with E-state index in [4.69, 9.17) is 11.6 Å². The Morgan fingerprint density at radius 1 is 0.757 bits per heavy atom. The Kier molecular flexibility index (Phi) is 4.85. The summed E-state index contributed by atoms with van der Waals surface area (Å²) >= 11 is 6.06. The summed E-state index contributed by atoms with van der Waals surface area (Å²) in [5, 5.41) is 2.50. The van der Waals surface area contributed by atoms with Gasteiger partial charge in [-0.05, 0) is 64.4 Å². The second kappa shape index (κ2) is 8.15. The molecular weight excluding hydrogens is 484 g/mol. The van der Waals surface area contributed by atoms with Crippen LogP contribution in [0.3, 0.4) is 0 Å². The summed E-state index contributed by atoms with van der Waals surface area (Å²) in [4.78, 5) is 45.3. The predicted molar refractivity (Wildman–Crippen MR) is 143 cm³/mol. The molecule has 2 amide bonds. The Morgan fingerprint density at radius 3 is 2.27 bits per heavy atom. The number of halogens is 1. The van der Waals surface area contributed by atoms with Gasteiger partial charge in [-0.25, -0.2) is 4.90 Å². The molecule has 0 aromatic heterocycles. The first-order valence-corrected chi connectivity index (χ1v) is 12.6. The first kappa shape index (κ1) is 22.0. The van der Waals surface area contributed by atoms with Crippen LogP contribution in [0.15, 0.2) is 97.2 Å². The highest BCUT2D eigenvalue weighted by Gasteiger charge is 2.64. The lowest BCUT2D eigenvalue weighted by atomic mass is 9.83. The largest absolute Gasteiger partial charge is 0.358 e. The van der Waals surface area contributed by atoms with E-state index in [-0.39, 0.29) is 17.6 Å². The van der Waals surface area contributed by atoms with E-state index in [2.05, 4.69) is 0 Å². The molecule has 4 atom stereocenters. The third kappa shape index (κ3) is 3.20. The third-order valence-corrected chi connectivity index (χ3v) is 8.10. The molecule has 4 aromatic rings. The highest BCUT2D eigenvalue weighted by molar-refractivity contribution is 6.30. The SMILES string of the molecule is O=C(c1ccc(Cl)cc1)[C@H]1[C@H]2C(=O)N(c3ccc4ccccc4c3)C(=O)[C@H]2C2c3ccccc3C=CN21. The van der Waals surface area contributed by atoms with Gasteiger partial charge in [0.2, 0.25) is 11.8 Å². The number of nitrogens with zero attached hydrogens (tertiary/aromatic N) is 2. The van der Waals surface area contributed by atoms with E-state index in [9.17, 15) is 14.4 Å². The Morgan fingerprint density at radius 2 is 1.46 bits per heavy atom. The predicted octanol–water partition coefficient (Wildman–Crippen LogP) is 5.89. The van der Waals surface area contributed by atoms with Gasteiger partial charge in [0.05, 0.1) is 23.6 Å². The normalized spacial score (nSPS) is 23.8. The second-order valence-corrected chi connectivity index (χ2v) is 10.2. The molecule has 0 spiro atoms. The van der Waals surface area contributed by atoms with Crippen molar-refractivity contribution in [2.75, 3.05) is 4.90 Å². The molecule has 2 fully saturated rings. The number of imide groups is 1. The van der Waals surface area contributed by atoms with Crippen molar-refractivity contribution in [3.8, 4) is 0 Å². The highest BCUT2D eigenvalue weighted by Crippen LogP contribution is 2.53. The van der Waals surface area contributed by atoms with Crippen LogP contribution in [0.4, 0.5) is 5.69 Å². The second-order valence-electron chi connectivity index (χ2n) is 9.75. The Hall–Kier alpha value is -4.22. The van der Waals surface area contributed by atoms with Crippen LogP contribution in [0.25, 0.3) is 16.8 Å². The number of ketones is 1. The van der Waals surface area contributed by atoms with E-state index in [0.717, 1.165) is 21.9 Å². The third-order valence-electron chi connectivity index (χ3n) is 7.85. The lowest BCUT2D eigenvalue weighted by Gasteiger charge is -2.35. The van der Waals surface area contributed by atoms with Crippen LogP contribution >= 0.6 is 11.6 Å². The van der Waals surface area contributed by atoms with Gasteiger partial charge < -0.3 is 4.90 Å². The highest BCUT2D eigenvalue weighted by atomic mass is 35.5. The maximum Gasteiger partial charge on any atom is 0.240 e. The molecule has 0 radical (unpaired) electrons. The van der Waals surface area contributed by atoms with Gasteiger partial charge in [-0.3, -0.25) is 14.4 Å². The monoisotopic (exact) mass is 504 g/mol. The Balaban J connectivity index is 1.37. The molecule has 4 aromatic carbocycles. The first-order chi connectivity index (χ1) is 18.0. The number of benzene rings is 4. The first-order valence-electron chi connectivity index (χ1n) is 12.2. The molecule has 0 N–H and O–H groups in total. The average Bonchev–Trinajstić information content (AvgIpc) is 3.40. The summed E-state index contributed by atoms with van der Waals surface area (Å²) in [5.41, 5.74) is 2.94. The maximum absolute atomic E-state index is 14.1. The number of Topliss-reactive ketones (excluding diaryl/α,β-unsaturated/α-hetero) is 1. The van der Waals surface area contributed by atoms with Crippen molar-refractivity contribution in [2.45, 2.75) is 12.1 Å². The molecule has 0 aliphatic carbocycles. The minimum absolute atomic E-state index is 0.195. The fraction of sp³-hybridized carbons (Fsp3) is 0.129. The number of anilines is 1. The molecule has 5 nitrogen and oxygen atoms in total. The van der Waals surface area contributed by atoms with Crippen LogP contribution in [0.1, 0.15) is 27.5 Å². The number of rotatable bonds is 3. The van der Waals surface area contributed by atoms with Crippen molar-refractivity contribution in [3.05, 3.63) is 119 Å². The summed E-state index contributed by atoms with van der Waals surface area (Å²) in [7, 11) is 0. The van der Waals surface area contributed by atoms with Crippen LogP contribution in [0, 0.1) is 11.8 Å². The fourth-order valence-electron chi connectivity index (χ4n) is 6.21. The number of hydrogen-bond acceptors (Lipinski definition) is 4. The molecule has 1 unspecified atom stereocenters. The zero-order chi connectivity index (χ0) is 25.3. The van der Waals surface area contributed by atoms with Crippen molar-refractivity contribution >= 4 is 51.7 Å². The van der Waals surface area contributed by atoms with Crippen molar-refractivity contribution in [3.63, 3.8) is 0 Å². The number of carbonyl (C=O) groups is 3. The number of fused-ring (bicyclic) bond motifs is 6. The fourth-order valence-corrected chi connectivity index (χ4v) is 6.34. The summed E-state index contributed by atoms with van der Waals surface area (Å²) in [6.07, 6.45) is 3.82. The quantitative estimate of drug-likeness (QED) is 0.258. The van der Waals surface area contributed by atoms with Crippen LogP contribution < -0.4 is 4.90 Å². The summed E-state index contributed by atoms with van der Waals surface area (Å²) in [6.45, 7) is 0. The molecule has 3 aliphatic rings. The number of carbonyl (C=O) groups excluding carboxylic acids is 3. The van der Waals surface area contributed by atoms with Gasteiger partial charge >= 0.3 is 0 Å². The van der Waals surface area contributed by atoms with E-state index in [1.54, 1.807) is 24.3 Å². The van der Waals surface area contributed by atoms with E-state index in [0.29, 0.717) is 16.3 Å². The van der Waals surface area contributed by atoms with Gasteiger partial charge in [0.15, 0.2) is 5.78 Å². The van der Waals surface area contributed by atoms with Gasteiger partial charge in [-0.2, -0.15) is 0 Å². The number of hydrogen-bond donors (Lipinski definition) is 0. The van der Waals surface area contributed by atoms with Crippen molar-refractivity contribution in [1.29, 1.82) is 0 Å². The van der Waals surface area contributed by atoms with Crippen molar-refractivity contribution in [2.24, 2.45) is 11.8 Å². The summed E-state index contributed by atoms with van der Waals surface area (Å²) < 4.78 is 0. The van der Waals surface area contributed by atoms with Gasteiger partial charge in [0.1, 0.15) is 6.04 Å². The smallest absolute Gasteiger partial charge is 0.240 e. The van der Waals surface area contributed by atoms with Crippen LogP contribution in [-0.4, -0.2) is 28.5 Å². The average molecular weight is 505 g/mol. The number of amides is 2. The molecule has 180 valence electrons. The lowest BCUT2D eigenvalue weighted by molar-refractivity contribution is -0.123. The van der Waals surface area contributed by atoms with Gasteiger partial charge in [0.25, 0.3) is 0 Å². The minimum Gasteiger partial charge on any atom is -0.358 e. The van der Waals surface area contributed by atoms with Crippen LogP contribution in [-0.2, 0) is 9.59 Å². The molecule has 0 bridgehead atoms. The molecule has 3 aliphatic heterocycles.